The fourth-order valence-electron chi connectivity index (χ4n) is 6.39. The molecule has 1 aliphatic heterocycles. The minimum Gasteiger partial charge on any atom is -0.504 e. The number of carbonyl (C=O) groups is 2. The number of rotatable bonds is 7. The molecule has 212 valence electrons. The van der Waals surface area contributed by atoms with Gasteiger partial charge >= 0.3 is 5.97 Å². The van der Waals surface area contributed by atoms with Crippen LogP contribution in [0.25, 0.3) is 0 Å². The van der Waals surface area contributed by atoms with Gasteiger partial charge in [0.25, 0.3) is 0 Å². The zero-order valence-electron chi connectivity index (χ0n) is 23.6. The molecule has 40 heavy (non-hydrogen) atoms. The molecule has 5 rings (SSSR count). The Labute approximate surface area is 235 Å². The Kier molecular flexibility index (Phi) is 8.14. The Morgan fingerprint density at radius 3 is 2.23 bits per heavy atom. The summed E-state index contributed by atoms with van der Waals surface area (Å²) in [6.07, 6.45) is 5.62. The maximum absolute atomic E-state index is 13.9. The van der Waals surface area contributed by atoms with Gasteiger partial charge in [0.2, 0.25) is 0 Å². The highest BCUT2D eigenvalue weighted by molar-refractivity contribution is 6.09. The maximum Gasteiger partial charge on any atom is 0.315 e. The maximum atomic E-state index is 13.9. The molecule has 1 heterocycles. The Morgan fingerprint density at radius 2 is 1.55 bits per heavy atom. The molecular formula is C32H37NO7. The lowest BCUT2D eigenvalue weighted by molar-refractivity contribution is -0.153. The molecule has 2 aromatic rings. The third kappa shape index (κ3) is 5.31. The SMILES string of the molecule is COc1ccc([C@H]2C3=C(C[C@H](c4ccc(OC)c(OC)c4)CC3=O)N=C(C)C2C(=O)OC2CCCCC2)cc1O. The highest BCUT2D eigenvalue weighted by Gasteiger charge is 2.45. The molecule has 1 fully saturated rings. The van der Waals surface area contributed by atoms with Crippen molar-refractivity contribution in [3.8, 4) is 23.0 Å². The number of hydrogen-bond donors (Lipinski definition) is 1. The van der Waals surface area contributed by atoms with Gasteiger partial charge < -0.3 is 24.1 Å². The number of phenols is 1. The number of hydrogen-bond acceptors (Lipinski definition) is 8. The minimum atomic E-state index is -0.755. The van der Waals surface area contributed by atoms with Crippen LogP contribution in [0.15, 0.2) is 52.7 Å². The molecule has 0 bridgehead atoms. The Morgan fingerprint density at radius 1 is 0.875 bits per heavy atom. The Balaban J connectivity index is 1.54. The van der Waals surface area contributed by atoms with Crippen molar-refractivity contribution in [1.29, 1.82) is 0 Å². The topological polar surface area (TPSA) is 104 Å². The fourth-order valence-corrected chi connectivity index (χ4v) is 6.39. The van der Waals surface area contributed by atoms with E-state index >= 15 is 0 Å². The zero-order valence-corrected chi connectivity index (χ0v) is 23.6. The summed E-state index contributed by atoms with van der Waals surface area (Å²) in [5.74, 6) is -0.390. The second-order valence-electron chi connectivity index (χ2n) is 10.8. The minimum absolute atomic E-state index is 0.0480. The predicted molar refractivity (Wildman–Crippen MR) is 151 cm³/mol. The first-order valence-electron chi connectivity index (χ1n) is 13.9. The average Bonchev–Trinajstić information content (AvgIpc) is 2.96. The van der Waals surface area contributed by atoms with Crippen molar-refractivity contribution < 1.29 is 33.6 Å². The highest BCUT2D eigenvalue weighted by atomic mass is 16.5. The van der Waals surface area contributed by atoms with Crippen LogP contribution in [-0.4, -0.2) is 50.0 Å². The lowest BCUT2D eigenvalue weighted by Gasteiger charge is -2.37. The molecule has 8 heteroatoms. The first-order valence-corrected chi connectivity index (χ1v) is 13.9. The molecule has 3 atom stereocenters. The van der Waals surface area contributed by atoms with Crippen LogP contribution < -0.4 is 14.2 Å². The summed E-state index contributed by atoms with van der Waals surface area (Å²) in [4.78, 5) is 32.5. The Bertz CT molecular complexity index is 1360. The number of ether oxygens (including phenoxy) is 4. The molecule has 1 saturated carbocycles. The van der Waals surface area contributed by atoms with Gasteiger partial charge in [-0.05, 0) is 80.3 Å². The van der Waals surface area contributed by atoms with Gasteiger partial charge in [-0.3, -0.25) is 14.6 Å². The molecule has 1 unspecified atom stereocenters. The molecule has 2 aromatic carbocycles. The van der Waals surface area contributed by atoms with Gasteiger partial charge in [0.05, 0.1) is 21.3 Å². The van der Waals surface area contributed by atoms with Crippen LogP contribution in [0, 0.1) is 5.92 Å². The van der Waals surface area contributed by atoms with Gasteiger partial charge in [0.15, 0.2) is 28.8 Å². The zero-order chi connectivity index (χ0) is 28.4. The number of ketones is 1. The van der Waals surface area contributed by atoms with E-state index in [1.165, 1.54) is 7.11 Å². The number of Topliss-reactive ketones (excluding diaryl/α,β-unsaturated/α-hetero) is 1. The van der Waals surface area contributed by atoms with Crippen molar-refractivity contribution in [3.05, 3.63) is 58.8 Å². The summed E-state index contributed by atoms with van der Waals surface area (Å²) in [7, 11) is 4.66. The van der Waals surface area contributed by atoms with E-state index in [1.54, 1.807) is 32.4 Å². The number of benzene rings is 2. The van der Waals surface area contributed by atoms with Crippen LogP contribution in [0.1, 0.15) is 74.8 Å². The van der Waals surface area contributed by atoms with E-state index in [9.17, 15) is 14.7 Å². The molecule has 0 amide bonds. The van der Waals surface area contributed by atoms with Crippen LogP contribution in [0.5, 0.6) is 23.0 Å². The summed E-state index contributed by atoms with van der Waals surface area (Å²) < 4.78 is 22.1. The monoisotopic (exact) mass is 547 g/mol. The molecule has 8 nitrogen and oxygen atoms in total. The van der Waals surface area contributed by atoms with Crippen LogP contribution in [-0.2, 0) is 14.3 Å². The molecule has 1 N–H and O–H groups in total. The van der Waals surface area contributed by atoms with Gasteiger partial charge in [0, 0.05) is 29.3 Å². The highest BCUT2D eigenvalue weighted by Crippen LogP contribution is 2.48. The molecule has 0 spiro atoms. The first-order chi connectivity index (χ1) is 19.3. The lowest BCUT2D eigenvalue weighted by atomic mass is 9.69. The number of aromatic hydroxyl groups is 1. The molecule has 0 radical (unpaired) electrons. The van der Waals surface area contributed by atoms with Gasteiger partial charge in [0.1, 0.15) is 12.0 Å². The molecule has 0 saturated heterocycles. The molecule has 0 aromatic heterocycles. The van der Waals surface area contributed by atoms with Crippen molar-refractivity contribution in [1.82, 2.24) is 0 Å². The van der Waals surface area contributed by atoms with E-state index in [4.69, 9.17) is 23.9 Å². The van der Waals surface area contributed by atoms with E-state index in [2.05, 4.69) is 0 Å². The van der Waals surface area contributed by atoms with Crippen molar-refractivity contribution in [2.24, 2.45) is 10.9 Å². The number of phenolic OH excluding ortho intramolecular Hbond substituents is 1. The number of esters is 1. The van der Waals surface area contributed by atoms with E-state index in [1.807, 2.05) is 25.1 Å². The summed E-state index contributed by atoms with van der Waals surface area (Å²) in [5.41, 5.74) is 3.43. The quantitative estimate of drug-likeness (QED) is 0.433. The third-order valence-corrected chi connectivity index (χ3v) is 8.42. The van der Waals surface area contributed by atoms with Crippen LogP contribution in [0.2, 0.25) is 0 Å². The fraction of sp³-hybridized carbons (Fsp3) is 0.469. The van der Waals surface area contributed by atoms with Crippen LogP contribution in [0.4, 0.5) is 0 Å². The van der Waals surface area contributed by atoms with Gasteiger partial charge in [-0.15, -0.1) is 0 Å². The third-order valence-electron chi connectivity index (χ3n) is 8.42. The second kappa shape index (κ2) is 11.7. The summed E-state index contributed by atoms with van der Waals surface area (Å²) in [6, 6.07) is 10.8. The number of methoxy groups -OCH3 is 3. The first kappa shape index (κ1) is 27.7. The summed E-state index contributed by atoms with van der Waals surface area (Å²) in [6.45, 7) is 1.83. The van der Waals surface area contributed by atoms with E-state index in [0.717, 1.165) is 37.7 Å². The summed E-state index contributed by atoms with van der Waals surface area (Å²) >= 11 is 0. The van der Waals surface area contributed by atoms with E-state index < -0.39 is 11.8 Å². The number of carbonyl (C=O) groups excluding carboxylic acids is 2. The van der Waals surface area contributed by atoms with Crippen molar-refractivity contribution in [2.75, 3.05) is 21.3 Å². The molecule has 3 aliphatic rings. The normalized spacial score (nSPS) is 23.2. The predicted octanol–water partition coefficient (Wildman–Crippen LogP) is 5.87. The number of nitrogens with zero attached hydrogens (tertiary/aromatic N) is 1. The van der Waals surface area contributed by atoms with E-state index in [-0.39, 0.29) is 35.9 Å². The van der Waals surface area contributed by atoms with Gasteiger partial charge in [-0.2, -0.15) is 0 Å². The average molecular weight is 548 g/mol. The van der Waals surface area contributed by atoms with Crippen molar-refractivity contribution in [2.45, 2.75) is 69.8 Å². The lowest BCUT2D eigenvalue weighted by Crippen LogP contribution is -2.39. The van der Waals surface area contributed by atoms with Gasteiger partial charge in [-0.1, -0.05) is 18.6 Å². The Hall–Kier alpha value is -3.81. The van der Waals surface area contributed by atoms with E-state index in [0.29, 0.717) is 46.2 Å². The van der Waals surface area contributed by atoms with Crippen LogP contribution >= 0.6 is 0 Å². The largest absolute Gasteiger partial charge is 0.504 e. The number of aliphatic imine (C=N–C) groups is 1. The van der Waals surface area contributed by atoms with Crippen LogP contribution in [0.3, 0.4) is 0 Å². The van der Waals surface area contributed by atoms with Crippen molar-refractivity contribution >= 4 is 17.5 Å². The van der Waals surface area contributed by atoms with Crippen molar-refractivity contribution in [3.63, 3.8) is 0 Å². The second-order valence-corrected chi connectivity index (χ2v) is 10.8. The smallest absolute Gasteiger partial charge is 0.315 e. The number of allylic oxidation sites excluding steroid dienone is 2. The standard InChI is InChI=1S/C32H37NO7/c1-18-29(32(36)40-22-8-6-5-7-9-22)30(20-11-12-26(37-2)24(34)15-20)31-23(33-18)14-21(16-25(31)35)19-10-13-27(38-3)28(17-19)39-4/h10-13,15,17,21-22,29-30,34H,5-9,14,16H2,1-4H3/t21-,29?,30+/m0/s1. The summed E-state index contributed by atoms with van der Waals surface area (Å²) in [5, 5.41) is 10.6. The van der Waals surface area contributed by atoms with Gasteiger partial charge in [-0.25, -0.2) is 0 Å². The molecular weight excluding hydrogens is 510 g/mol. The molecule has 2 aliphatic carbocycles.